The van der Waals surface area contributed by atoms with Gasteiger partial charge in [0.05, 0.1) is 26.9 Å². The van der Waals surface area contributed by atoms with Crippen molar-refractivity contribution in [1.82, 2.24) is 20.0 Å². The van der Waals surface area contributed by atoms with Crippen LogP contribution in [0.2, 0.25) is 5.02 Å². The van der Waals surface area contributed by atoms with Crippen LogP contribution >= 0.6 is 11.6 Å². The summed E-state index contributed by atoms with van der Waals surface area (Å²) in [5.41, 5.74) is 2.10. The van der Waals surface area contributed by atoms with Crippen molar-refractivity contribution in [2.24, 2.45) is 0 Å². The molecular weight excluding hydrogens is 762 g/mol. The number of amides is 3. The SMILES string of the molecule is COc1cc(C(=O)N(C)CC(CCN2CCC3(CC2)c2ccccc2C[S+]3[O-])(c2ccc(F)c(F)c2)N(C)C(=O)NCc2ccccc2Cl)cc(OC)c1OC. The Morgan fingerprint density at radius 3 is 2.23 bits per heavy atom. The number of nitrogens with zero attached hydrogens (tertiary/aromatic N) is 3. The van der Waals surface area contributed by atoms with Gasteiger partial charge in [0, 0.05) is 81.4 Å². The van der Waals surface area contributed by atoms with E-state index in [2.05, 4.69) is 16.3 Å². The van der Waals surface area contributed by atoms with Crippen LogP contribution in [0, 0.1) is 11.6 Å². The van der Waals surface area contributed by atoms with E-state index in [1.54, 1.807) is 32.3 Å². The molecule has 4 aromatic carbocycles. The summed E-state index contributed by atoms with van der Waals surface area (Å²) in [5.74, 6) is -1.16. The number of rotatable bonds is 13. The van der Waals surface area contributed by atoms with E-state index in [-0.39, 0.29) is 36.6 Å². The molecule has 1 fully saturated rings. The van der Waals surface area contributed by atoms with Crippen LogP contribution in [-0.2, 0) is 33.8 Å². The second-order valence-corrected chi connectivity index (χ2v) is 16.4. The van der Waals surface area contributed by atoms with Crippen molar-refractivity contribution in [2.75, 3.05) is 61.6 Å². The normalized spacial score (nSPS) is 17.1. The van der Waals surface area contributed by atoms with Crippen molar-refractivity contribution in [3.8, 4) is 17.2 Å². The van der Waals surface area contributed by atoms with E-state index < -0.39 is 45.0 Å². The lowest BCUT2D eigenvalue weighted by atomic mass is 9.82. The molecule has 2 unspecified atom stereocenters. The van der Waals surface area contributed by atoms with Gasteiger partial charge >= 0.3 is 6.03 Å². The zero-order valence-electron chi connectivity index (χ0n) is 32.2. The van der Waals surface area contributed by atoms with Gasteiger partial charge in [-0.05, 0) is 59.1 Å². The second kappa shape index (κ2) is 17.3. The van der Waals surface area contributed by atoms with Crippen molar-refractivity contribution in [1.29, 1.82) is 0 Å². The Morgan fingerprint density at radius 1 is 0.929 bits per heavy atom. The predicted octanol–water partition coefficient (Wildman–Crippen LogP) is 7.10. The van der Waals surface area contributed by atoms with E-state index in [4.69, 9.17) is 25.8 Å². The summed E-state index contributed by atoms with van der Waals surface area (Å²) in [6, 6.07) is 21.4. The Labute approximate surface area is 334 Å². The number of likely N-dealkylation sites (tertiary alicyclic amines) is 1. The van der Waals surface area contributed by atoms with Crippen LogP contribution < -0.4 is 19.5 Å². The van der Waals surface area contributed by atoms with E-state index in [1.807, 2.05) is 24.3 Å². The molecule has 2 atom stereocenters. The molecule has 0 radical (unpaired) electrons. The second-order valence-electron chi connectivity index (χ2n) is 14.3. The summed E-state index contributed by atoms with van der Waals surface area (Å²) in [7, 11) is 7.54. The quantitative estimate of drug-likeness (QED) is 0.144. The molecule has 0 aromatic heterocycles. The van der Waals surface area contributed by atoms with Crippen molar-refractivity contribution in [2.45, 2.75) is 41.8 Å². The first-order chi connectivity index (χ1) is 26.9. The number of hydrogen-bond acceptors (Lipinski definition) is 7. The molecule has 14 heteroatoms. The smallest absolute Gasteiger partial charge is 0.318 e. The number of halogens is 3. The fraction of sp³-hybridized carbons (Fsp3) is 0.381. The molecule has 2 heterocycles. The Balaban J connectivity index is 1.35. The fourth-order valence-electron chi connectivity index (χ4n) is 8.05. The van der Waals surface area contributed by atoms with Crippen LogP contribution in [0.5, 0.6) is 17.2 Å². The third kappa shape index (κ3) is 8.00. The minimum atomic E-state index is -1.39. The molecule has 1 spiro atoms. The predicted molar refractivity (Wildman–Crippen MR) is 213 cm³/mol. The minimum absolute atomic E-state index is 0.101. The summed E-state index contributed by atoms with van der Waals surface area (Å²) < 4.78 is 59.4. The maximum absolute atomic E-state index is 15.2. The number of carbonyl (C=O) groups excluding carboxylic acids is 2. The molecule has 2 aliphatic heterocycles. The lowest BCUT2D eigenvalue weighted by Gasteiger charge is -2.46. The number of nitrogens with one attached hydrogen (secondary N) is 1. The summed E-state index contributed by atoms with van der Waals surface area (Å²) in [4.78, 5) is 33.7. The minimum Gasteiger partial charge on any atom is -0.615 e. The first kappa shape index (κ1) is 41.1. The van der Waals surface area contributed by atoms with Gasteiger partial charge in [-0.1, -0.05) is 60.1 Å². The highest BCUT2D eigenvalue weighted by atomic mass is 35.5. The molecule has 6 rings (SSSR count). The Hall–Kier alpha value is -4.56. The van der Waals surface area contributed by atoms with Crippen LogP contribution in [-0.4, -0.2) is 92.8 Å². The van der Waals surface area contributed by atoms with Crippen LogP contribution in [0.3, 0.4) is 0 Å². The van der Waals surface area contributed by atoms with E-state index in [9.17, 15) is 18.5 Å². The van der Waals surface area contributed by atoms with E-state index in [0.29, 0.717) is 60.1 Å². The number of urea groups is 1. The van der Waals surface area contributed by atoms with E-state index in [0.717, 1.165) is 23.3 Å². The maximum atomic E-state index is 15.2. The highest BCUT2D eigenvalue weighted by Gasteiger charge is 2.52. The zero-order valence-corrected chi connectivity index (χ0v) is 33.8. The number of ether oxygens (including phenoxy) is 3. The van der Waals surface area contributed by atoms with Crippen LogP contribution in [0.25, 0.3) is 0 Å². The average Bonchev–Trinajstić information content (AvgIpc) is 3.48. The number of methoxy groups -OCH3 is 3. The van der Waals surface area contributed by atoms with Gasteiger partial charge in [-0.2, -0.15) is 0 Å². The highest BCUT2D eigenvalue weighted by molar-refractivity contribution is 7.92. The Bertz CT molecular complexity index is 2040. The van der Waals surface area contributed by atoms with Gasteiger partial charge in [0.15, 0.2) is 27.9 Å². The lowest BCUT2D eigenvalue weighted by molar-refractivity contribution is 0.0536. The average molecular weight is 809 g/mol. The molecule has 1 N–H and O–H groups in total. The molecular formula is C42H47ClF2N4O6S. The molecule has 3 amide bonds. The van der Waals surface area contributed by atoms with Gasteiger partial charge in [0.1, 0.15) is 5.75 Å². The third-order valence-corrected chi connectivity index (χ3v) is 13.7. The van der Waals surface area contributed by atoms with Crippen molar-refractivity contribution in [3.63, 3.8) is 0 Å². The molecule has 0 aliphatic carbocycles. The highest BCUT2D eigenvalue weighted by Crippen LogP contribution is 2.49. The van der Waals surface area contributed by atoms with Gasteiger partial charge in [0.25, 0.3) is 5.91 Å². The number of likely N-dealkylation sites (N-methyl/N-ethyl adjacent to an activating group) is 2. The summed E-state index contributed by atoms with van der Waals surface area (Å²) in [6.45, 7) is 1.69. The number of fused-ring (bicyclic) bond motifs is 2. The molecule has 56 heavy (non-hydrogen) atoms. The number of piperidine rings is 1. The van der Waals surface area contributed by atoms with Crippen molar-refractivity contribution in [3.05, 3.63) is 123 Å². The van der Waals surface area contributed by atoms with E-state index >= 15 is 4.39 Å². The van der Waals surface area contributed by atoms with Gasteiger partial charge in [-0.25, -0.2) is 13.6 Å². The first-order valence-corrected chi connectivity index (χ1v) is 20.0. The summed E-state index contributed by atoms with van der Waals surface area (Å²) in [6.07, 6.45) is 1.60. The van der Waals surface area contributed by atoms with Crippen molar-refractivity contribution >= 4 is 34.7 Å². The van der Waals surface area contributed by atoms with Crippen LogP contribution in [0.4, 0.5) is 13.6 Å². The zero-order chi connectivity index (χ0) is 40.2. The largest absolute Gasteiger partial charge is 0.615 e. The topological polar surface area (TPSA) is 107 Å². The van der Waals surface area contributed by atoms with Gasteiger partial charge in [-0.3, -0.25) is 4.79 Å². The first-order valence-electron chi connectivity index (χ1n) is 18.3. The molecule has 0 saturated carbocycles. The molecule has 298 valence electrons. The maximum Gasteiger partial charge on any atom is 0.318 e. The van der Waals surface area contributed by atoms with Crippen molar-refractivity contribution < 1.29 is 37.1 Å². The molecule has 0 bridgehead atoms. The third-order valence-electron chi connectivity index (χ3n) is 11.3. The molecule has 1 saturated heterocycles. The van der Waals surface area contributed by atoms with Crippen LogP contribution in [0.1, 0.15) is 51.9 Å². The number of hydrogen-bond donors (Lipinski definition) is 1. The van der Waals surface area contributed by atoms with Gasteiger partial charge < -0.3 is 38.8 Å². The van der Waals surface area contributed by atoms with E-state index in [1.165, 1.54) is 49.3 Å². The van der Waals surface area contributed by atoms with Crippen LogP contribution in [0.15, 0.2) is 78.9 Å². The fourth-order valence-corrected chi connectivity index (χ4v) is 10.1. The number of carbonyl (C=O) groups is 2. The Kier molecular flexibility index (Phi) is 12.7. The molecule has 2 aliphatic rings. The van der Waals surface area contributed by atoms with Gasteiger partial charge in [-0.15, -0.1) is 0 Å². The Morgan fingerprint density at radius 2 is 1.59 bits per heavy atom. The summed E-state index contributed by atoms with van der Waals surface area (Å²) in [5, 5.41) is 3.42. The number of benzene rings is 4. The monoisotopic (exact) mass is 808 g/mol. The van der Waals surface area contributed by atoms with Gasteiger partial charge in [0.2, 0.25) is 5.75 Å². The standard InChI is InChI=1S/C42H47ClF2N4O6S/c1-47(39(50)30-22-36(53-3)38(55-5)37(23-30)54-4)27-41(31-14-15-34(44)35(45)24-31,48(2)40(51)46-25-28-10-7-9-13-33(28)43)16-19-49-20-17-42(18-21-49)32-12-8-6-11-29(32)26-56(42)52/h6-15,22-24H,16-21,25-27H2,1-5H3,(H,46,51). The molecule has 10 nitrogen and oxygen atoms in total. The lowest BCUT2D eigenvalue weighted by Crippen LogP contribution is -2.58. The summed E-state index contributed by atoms with van der Waals surface area (Å²) >= 11 is 5.36. The molecule has 4 aromatic rings.